The Morgan fingerprint density at radius 3 is 2.89 bits per heavy atom. The van der Waals surface area contributed by atoms with E-state index in [0.29, 0.717) is 17.8 Å². The first kappa shape index (κ1) is 14.0. The van der Waals surface area contributed by atoms with Gasteiger partial charge in [0.25, 0.3) is 0 Å². The number of hydrogen-bond donors (Lipinski definition) is 0. The minimum atomic E-state index is 0.417. The topological polar surface area (TPSA) is 26.3 Å². The summed E-state index contributed by atoms with van der Waals surface area (Å²) in [6, 6.07) is 0. The van der Waals surface area contributed by atoms with Crippen molar-refractivity contribution in [2.45, 2.75) is 70.8 Å². The number of carbonyl (C=O) groups excluding carboxylic acids is 1. The van der Waals surface area contributed by atoms with E-state index in [4.69, 9.17) is 4.74 Å². The van der Waals surface area contributed by atoms with Crippen LogP contribution in [-0.2, 0) is 9.53 Å². The number of carbonyl (C=O) groups is 1. The van der Waals surface area contributed by atoms with Crippen molar-refractivity contribution >= 4 is 5.78 Å². The summed E-state index contributed by atoms with van der Waals surface area (Å²) in [6.07, 6.45) is 11.1. The predicted octanol–water partition coefficient (Wildman–Crippen LogP) is 3.98. The highest BCUT2D eigenvalue weighted by Gasteiger charge is 2.43. The molecule has 0 aromatic rings. The number of ketones is 1. The molecule has 0 radical (unpaired) electrons. The van der Waals surface area contributed by atoms with Crippen LogP contribution in [0.1, 0.15) is 64.7 Å². The Morgan fingerprint density at radius 1 is 1.33 bits per heavy atom. The fraction of sp³-hybridized carbons (Fsp3) is 0.938. The highest BCUT2D eigenvalue weighted by molar-refractivity contribution is 5.84. The molecule has 0 heterocycles. The van der Waals surface area contributed by atoms with Crippen molar-refractivity contribution in [2.75, 3.05) is 7.11 Å². The zero-order chi connectivity index (χ0) is 13.0. The molecule has 2 saturated carbocycles. The SMILES string of the molecule is CC[C@@H](CCCCC1C(=O)CC2CCCC21)OC. The summed E-state index contributed by atoms with van der Waals surface area (Å²) in [6.45, 7) is 2.18. The number of unbranched alkanes of at least 4 members (excludes halogenated alkanes) is 1. The molecule has 2 rings (SSSR count). The average molecular weight is 252 g/mol. The second kappa shape index (κ2) is 6.70. The van der Waals surface area contributed by atoms with E-state index in [2.05, 4.69) is 6.92 Å². The van der Waals surface area contributed by atoms with Gasteiger partial charge in [-0.3, -0.25) is 4.79 Å². The number of Topliss-reactive ketones (excluding diaryl/α,β-unsaturated/α-hetero) is 1. The van der Waals surface area contributed by atoms with Gasteiger partial charge in [-0.2, -0.15) is 0 Å². The number of hydrogen-bond acceptors (Lipinski definition) is 2. The van der Waals surface area contributed by atoms with Crippen molar-refractivity contribution in [1.29, 1.82) is 0 Å². The lowest BCUT2D eigenvalue weighted by Gasteiger charge is -2.17. The van der Waals surface area contributed by atoms with E-state index >= 15 is 0 Å². The Labute approximate surface area is 111 Å². The third-order valence-electron chi connectivity index (χ3n) is 5.19. The monoisotopic (exact) mass is 252 g/mol. The van der Waals surface area contributed by atoms with Crippen molar-refractivity contribution in [3.05, 3.63) is 0 Å². The molecule has 4 atom stereocenters. The zero-order valence-corrected chi connectivity index (χ0v) is 12.0. The summed E-state index contributed by atoms with van der Waals surface area (Å²) >= 11 is 0. The van der Waals surface area contributed by atoms with Crippen LogP contribution < -0.4 is 0 Å². The van der Waals surface area contributed by atoms with Gasteiger partial charge >= 0.3 is 0 Å². The molecular weight excluding hydrogens is 224 g/mol. The molecule has 2 nitrogen and oxygen atoms in total. The first-order chi connectivity index (χ1) is 8.76. The molecule has 0 aromatic heterocycles. The summed E-state index contributed by atoms with van der Waals surface area (Å²) in [7, 11) is 1.80. The molecular formula is C16H28O2. The second-order valence-corrected chi connectivity index (χ2v) is 6.18. The molecule has 0 saturated heterocycles. The molecule has 2 aliphatic carbocycles. The summed E-state index contributed by atoms with van der Waals surface area (Å²) < 4.78 is 5.40. The number of ether oxygens (including phenoxy) is 1. The van der Waals surface area contributed by atoms with Gasteiger partial charge in [0.15, 0.2) is 0 Å². The van der Waals surface area contributed by atoms with Gasteiger partial charge in [-0.1, -0.05) is 26.2 Å². The number of fused-ring (bicyclic) bond motifs is 1. The summed E-state index contributed by atoms with van der Waals surface area (Å²) in [5.41, 5.74) is 0. The Kier molecular flexibility index (Phi) is 5.23. The van der Waals surface area contributed by atoms with E-state index in [-0.39, 0.29) is 0 Å². The Balaban J connectivity index is 1.68. The van der Waals surface area contributed by atoms with Crippen molar-refractivity contribution in [3.8, 4) is 0 Å². The van der Waals surface area contributed by atoms with Crippen LogP contribution in [0.3, 0.4) is 0 Å². The van der Waals surface area contributed by atoms with E-state index in [1.807, 2.05) is 0 Å². The largest absolute Gasteiger partial charge is 0.381 e. The van der Waals surface area contributed by atoms with Gasteiger partial charge in [0.2, 0.25) is 0 Å². The van der Waals surface area contributed by atoms with Crippen molar-refractivity contribution in [1.82, 2.24) is 0 Å². The molecule has 0 N–H and O–H groups in total. The van der Waals surface area contributed by atoms with Gasteiger partial charge in [0.05, 0.1) is 6.10 Å². The lowest BCUT2D eigenvalue weighted by atomic mass is 9.87. The lowest BCUT2D eigenvalue weighted by Crippen LogP contribution is -2.15. The molecule has 0 spiro atoms. The van der Waals surface area contributed by atoms with Gasteiger partial charge in [-0.05, 0) is 43.9 Å². The Hall–Kier alpha value is -0.370. The standard InChI is InChI=1S/C16H28O2/c1-3-13(18-2)8-4-5-9-15-14-10-6-7-12(14)11-16(15)17/h12-15H,3-11H2,1-2H3/t12?,13-,14?,15?/m0/s1. The fourth-order valence-electron chi connectivity index (χ4n) is 4.10. The first-order valence-electron chi connectivity index (χ1n) is 7.81. The van der Waals surface area contributed by atoms with E-state index in [1.54, 1.807) is 7.11 Å². The van der Waals surface area contributed by atoms with Gasteiger partial charge in [0.1, 0.15) is 5.78 Å². The van der Waals surface area contributed by atoms with Crippen LogP contribution in [0.5, 0.6) is 0 Å². The zero-order valence-electron chi connectivity index (χ0n) is 12.0. The predicted molar refractivity (Wildman–Crippen MR) is 73.5 cm³/mol. The minimum Gasteiger partial charge on any atom is -0.381 e. The molecule has 0 amide bonds. The van der Waals surface area contributed by atoms with Crippen LogP contribution in [-0.4, -0.2) is 19.0 Å². The average Bonchev–Trinajstić information content (AvgIpc) is 2.91. The van der Waals surface area contributed by atoms with E-state index < -0.39 is 0 Å². The van der Waals surface area contributed by atoms with Crippen molar-refractivity contribution in [2.24, 2.45) is 17.8 Å². The van der Waals surface area contributed by atoms with Crippen molar-refractivity contribution in [3.63, 3.8) is 0 Å². The van der Waals surface area contributed by atoms with Crippen LogP contribution in [0.15, 0.2) is 0 Å². The molecule has 2 heteroatoms. The maximum Gasteiger partial charge on any atom is 0.136 e. The van der Waals surface area contributed by atoms with Gasteiger partial charge in [-0.25, -0.2) is 0 Å². The van der Waals surface area contributed by atoms with Crippen LogP contribution in [0.2, 0.25) is 0 Å². The molecule has 0 aliphatic heterocycles. The summed E-state index contributed by atoms with van der Waals surface area (Å²) in [5, 5.41) is 0. The quantitative estimate of drug-likeness (QED) is 0.641. The van der Waals surface area contributed by atoms with Gasteiger partial charge < -0.3 is 4.74 Å². The smallest absolute Gasteiger partial charge is 0.136 e. The molecule has 0 bridgehead atoms. The molecule has 2 aliphatic rings. The van der Waals surface area contributed by atoms with Gasteiger partial charge in [-0.15, -0.1) is 0 Å². The van der Waals surface area contributed by atoms with Crippen molar-refractivity contribution < 1.29 is 9.53 Å². The summed E-state index contributed by atoms with van der Waals surface area (Å²) in [5.74, 6) is 2.50. The second-order valence-electron chi connectivity index (χ2n) is 6.18. The molecule has 104 valence electrons. The van der Waals surface area contributed by atoms with Crippen LogP contribution in [0.25, 0.3) is 0 Å². The number of methoxy groups -OCH3 is 1. The number of rotatable bonds is 7. The Morgan fingerprint density at radius 2 is 2.17 bits per heavy atom. The lowest BCUT2D eigenvalue weighted by molar-refractivity contribution is -0.121. The summed E-state index contributed by atoms with van der Waals surface area (Å²) in [4.78, 5) is 12.0. The molecule has 2 fully saturated rings. The van der Waals surface area contributed by atoms with Crippen LogP contribution in [0.4, 0.5) is 0 Å². The van der Waals surface area contributed by atoms with E-state index in [9.17, 15) is 4.79 Å². The Bertz CT molecular complexity index is 270. The fourth-order valence-corrected chi connectivity index (χ4v) is 4.10. The highest BCUT2D eigenvalue weighted by Crippen LogP contribution is 2.47. The van der Waals surface area contributed by atoms with E-state index in [0.717, 1.165) is 37.5 Å². The third-order valence-corrected chi connectivity index (χ3v) is 5.19. The normalized spacial score (nSPS) is 32.8. The van der Waals surface area contributed by atoms with Gasteiger partial charge in [0, 0.05) is 19.4 Å². The van der Waals surface area contributed by atoms with Crippen LogP contribution >= 0.6 is 0 Å². The maximum atomic E-state index is 12.0. The highest BCUT2D eigenvalue weighted by atomic mass is 16.5. The minimum absolute atomic E-state index is 0.417. The molecule has 3 unspecified atom stereocenters. The molecule has 18 heavy (non-hydrogen) atoms. The first-order valence-corrected chi connectivity index (χ1v) is 7.81. The van der Waals surface area contributed by atoms with E-state index in [1.165, 1.54) is 32.1 Å². The van der Waals surface area contributed by atoms with Crippen LogP contribution in [0, 0.1) is 17.8 Å². The third kappa shape index (κ3) is 3.14. The maximum absolute atomic E-state index is 12.0. The molecule has 0 aromatic carbocycles.